The molecule has 1 unspecified atom stereocenters. The lowest BCUT2D eigenvalue weighted by atomic mass is 9.91. The molecule has 1 N–H and O–H groups in total. The van der Waals surface area contributed by atoms with Crippen LogP contribution in [0.25, 0.3) is 0 Å². The van der Waals surface area contributed by atoms with Gasteiger partial charge in [0.2, 0.25) is 0 Å². The standard InChI is InChI=1S/C16H26FNO/c1-6-9-18-15(11-16(3,4)19-5)14-8-7-13(17)10-12(14)2/h7-8,10,15,18H,6,9,11H2,1-5H3. The highest BCUT2D eigenvalue weighted by Crippen LogP contribution is 2.28. The Hall–Kier alpha value is -0.930. The fourth-order valence-corrected chi connectivity index (χ4v) is 2.22. The number of halogens is 1. The van der Waals surface area contributed by atoms with Crippen molar-refractivity contribution >= 4 is 0 Å². The largest absolute Gasteiger partial charge is 0.379 e. The predicted octanol–water partition coefficient (Wildman–Crippen LogP) is 3.99. The van der Waals surface area contributed by atoms with E-state index < -0.39 is 0 Å². The predicted molar refractivity (Wildman–Crippen MR) is 77.9 cm³/mol. The average Bonchev–Trinajstić information content (AvgIpc) is 2.35. The average molecular weight is 267 g/mol. The Morgan fingerprint density at radius 1 is 1.37 bits per heavy atom. The van der Waals surface area contributed by atoms with Crippen molar-refractivity contribution in [2.75, 3.05) is 13.7 Å². The maximum Gasteiger partial charge on any atom is 0.123 e. The molecule has 19 heavy (non-hydrogen) atoms. The van der Waals surface area contributed by atoms with E-state index in [1.54, 1.807) is 13.2 Å². The fraction of sp³-hybridized carbons (Fsp3) is 0.625. The third-order valence-electron chi connectivity index (χ3n) is 3.50. The fourth-order valence-electron chi connectivity index (χ4n) is 2.22. The van der Waals surface area contributed by atoms with Crippen LogP contribution in [0.1, 0.15) is 50.8 Å². The number of aryl methyl sites for hydroxylation is 1. The Balaban J connectivity index is 2.95. The zero-order chi connectivity index (χ0) is 14.5. The van der Waals surface area contributed by atoms with E-state index in [1.165, 1.54) is 6.07 Å². The van der Waals surface area contributed by atoms with E-state index >= 15 is 0 Å². The van der Waals surface area contributed by atoms with Crippen LogP contribution in [-0.4, -0.2) is 19.3 Å². The molecule has 0 aliphatic heterocycles. The number of ether oxygens (including phenoxy) is 1. The Bertz CT molecular complexity index is 404. The molecule has 0 fully saturated rings. The first-order chi connectivity index (χ1) is 8.89. The van der Waals surface area contributed by atoms with Crippen LogP contribution in [0.15, 0.2) is 18.2 Å². The molecule has 0 heterocycles. The lowest BCUT2D eigenvalue weighted by Crippen LogP contribution is -2.32. The van der Waals surface area contributed by atoms with E-state index in [0.717, 1.165) is 30.5 Å². The minimum Gasteiger partial charge on any atom is -0.379 e. The maximum absolute atomic E-state index is 13.2. The van der Waals surface area contributed by atoms with Crippen LogP contribution in [0, 0.1) is 12.7 Å². The third-order valence-corrected chi connectivity index (χ3v) is 3.50. The summed E-state index contributed by atoms with van der Waals surface area (Å²) in [5.74, 6) is -0.179. The van der Waals surface area contributed by atoms with Gasteiger partial charge in [0.05, 0.1) is 5.60 Å². The summed E-state index contributed by atoms with van der Waals surface area (Å²) in [7, 11) is 1.73. The molecule has 1 rings (SSSR count). The lowest BCUT2D eigenvalue weighted by molar-refractivity contribution is 0.00680. The molecule has 0 aliphatic rings. The van der Waals surface area contributed by atoms with E-state index in [0.29, 0.717) is 0 Å². The van der Waals surface area contributed by atoms with Gasteiger partial charge in [0.15, 0.2) is 0 Å². The van der Waals surface area contributed by atoms with Crippen molar-refractivity contribution in [2.24, 2.45) is 0 Å². The molecule has 108 valence electrons. The minimum atomic E-state index is -0.202. The van der Waals surface area contributed by atoms with Gasteiger partial charge in [0.1, 0.15) is 5.82 Å². The van der Waals surface area contributed by atoms with Crippen molar-refractivity contribution in [3.8, 4) is 0 Å². The zero-order valence-corrected chi connectivity index (χ0v) is 12.7. The minimum absolute atomic E-state index is 0.179. The van der Waals surface area contributed by atoms with Gasteiger partial charge in [0, 0.05) is 13.2 Å². The number of hydrogen-bond donors (Lipinski definition) is 1. The van der Waals surface area contributed by atoms with E-state index in [-0.39, 0.29) is 17.5 Å². The smallest absolute Gasteiger partial charge is 0.123 e. The zero-order valence-electron chi connectivity index (χ0n) is 12.7. The van der Waals surface area contributed by atoms with Gasteiger partial charge >= 0.3 is 0 Å². The summed E-state index contributed by atoms with van der Waals surface area (Å²) in [5.41, 5.74) is 1.94. The van der Waals surface area contributed by atoms with Gasteiger partial charge in [-0.3, -0.25) is 0 Å². The Morgan fingerprint density at radius 3 is 2.58 bits per heavy atom. The molecule has 1 aromatic carbocycles. The molecule has 0 saturated carbocycles. The first kappa shape index (κ1) is 16.1. The summed E-state index contributed by atoms with van der Waals surface area (Å²) in [4.78, 5) is 0. The van der Waals surface area contributed by atoms with Crippen LogP contribution in [0.3, 0.4) is 0 Å². The second-order valence-electron chi connectivity index (χ2n) is 5.68. The highest BCUT2D eigenvalue weighted by Gasteiger charge is 2.24. The number of rotatable bonds is 7. The van der Waals surface area contributed by atoms with Gasteiger partial charge in [0.25, 0.3) is 0 Å². The molecule has 0 amide bonds. The lowest BCUT2D eigenvalue weighted by Gasteiger charge is -2.30. The first-order valence-corrected chi connectivity index (χ1v) is 6.94. The van der Waals surface area contributed by atoms with Crippen molar-refractivity contribution in [1.82, 2.24) is 5.32 Å². The van der Waals surface area contributed by atoms with Crippen molar-refractivity contribution < 1.29 is 9.13 Å². The quantitative estimate of drug-likeness (QED) is 0.806. The molecular weight excluding hydrogens is 241 g/mol. The van der Waals surface area contributed by atoms with E-state index in [2.05, 4.69) is 26.1 Å². The topological polar surface area (TPSA) is 21.3 Å². The molecule has 0 bridgehead atoms. The first-order valence-electron chi connectivity index (χ1n) is 6.94. The SMILES string of the molecule is CCCNC(CC(C)(C)OC)c1ccc(F)cc1C. The van der Waals surface area contributed by atoms with Gasteiger partial charge < -0.3 is 10.1 Å². The van der Waals surface area contributed by atoms with Crippen molar-refractivity contribution in [2.45, 2.75) is 52.2 Å². The second kappa shape index (κ2) is 7.01. The summed E-state index contributed by atoms with van der Waals surface area (Å²) in [6.45, 7) is 9.20. The van der Waals surface area contributed by atoms with Gasteiger partial charge in [-0.1, -0.05) is 13.0 Å². The van der Waals surface area contributed by atoms with E-state index in [4.69, 9.17) is 4.74 Å². The van der Waals surface area contributed by atoms with Crippen molar-refractivity contribution in [1.29, 1.82) is 0 Å². The molecule has 0 radical (unpaired) electrons. The number of methoxy groups -OCH3 is 1. The molecule has 1 aromatic rings. The number of benzene rings is 1. The normalized spacial score (nSPS) is 13.6. The third kappa shape index (κ3) is 4.92. The van der Waals surface area contributed by atoms with Crippen molar-refractivity contribution in [3.63, 3.8) is 0 Å². The molecule has 2 nitrogen and oxygen atoms in total. The van der Waals surface area contributed by atoms with Gasteiger partial charge in [-0.25, -0.2) is 4.39 Å². The molecular formula is C16H26FNO. The van der Waals surface area contributed by atoms with Crippen LogP contribution >= 0.6 is 0 Å². The molecule has 0 aromatic heterocycles. The Labute approximate surface area is 116 Å². The highest BCUT2D eigenvalue weighted by atomic mass is 19.1. The monoisotopic (exact) mass is 267 g/mol. The molecule has 0 spiro atoms. The second-order valence-corrected chi connectivity index (χ2v) is 5.68. The Kier molecular flexibility index (Phi) is 5.95. The number of nitrogens with one attached hydrogen (secondary N) is 1. The van der Waals surface area contributed by atoms with Crippen LogP contribution in [-0.2, 0) is 4.74 Å². The Morgan fingerprint density at radius 2 is 2.05 bits per heavy atom. The summed E-state index contributed by atoms with van der Waals surface area (Å²) in [6.07, 6.45) is 1.93. The summed E-state index contributed by atoms with van der Waals surface area (Å²) in [6, 6.07) is 5.19. The summed E-state index contributed by atoms with van der Waals surface area (Å²) >= 11 is 0. The number of hydrogen-bond acceptors (Lipinski definition) is 2. The van der Waals surface area contributed by atoms with Crippen LogP contribution in [0.4, 0.5) is 4.39 Å². The van der Waals surface area contributed by atoms with Gasteiger partial charge in [-0.05, 0) is 63.4 Å². The molecule has 3 heteroatoms. The molecule has 0 saturated heterocycles. The van der Waals surface area contributed by atoms with E-state index in [9.17, 15) is 4.39 Å². The van der Waals surface area contributed by atoms with Crippen molar-refractivity contribution in [3.05, 3.63) is 35.1 Å². The highest BCUT2D eigenvalue weighted by molar-refractivity contribution is 5.29. The van der Waals surface area contributed by atoms with Crippen LogP contribution in [0.5, 0.6) is 0 Å². The van der Waals surface area contributed by atoms with Gasteiger partial charge in [-0.2, -0.15) is 0 Å². The summed E-state index contributed by atoms with van der Waals surface area (Å²) in [5, 5.41) is 3.53. The summed E-state index contributed by atoms with van der Waals surface area (Å²) < 4.78 is 18.7. The van der Waals surface area contributed by atoms with Crippen LogP contribution in [0.2, 0.25) is 0 Å². The maximum atomic E-state index is 13.2. The molecule has 0 aliphatic carbocycles. The molecule has 1 atom stereocenters. The van der Waals surface area contributed by atoms with E-state index in [1.807, 2.05) is 13.0 Å². The van der Waals surface area contributed by atoms with Crippen LogP contribution < -0.4 is 5.32 Å². The van der Waals surface area contributed by atoms with Gasteiger partial charge in [-0.15, -0.1) is 0 Å².